The summed E-state index contributed by atoms with van der Waals surface area (Å²) >= 11 is 0. The Hall–Kier alpha value is -2.85. The molecule has 4 rings (SSSR count). The number of benzene rings is 1. The molecule has 3 heterocycles. The summed E-state index contributed by atoms with van der Waals surface area (Å²) < 4.78 is 40.1. The lowest BCUT2D eigenvalue weighted by Crippen LogP contribution is -2.39. The zero-order chi connectivity index (χ0) is 21.4. The van der Waals surface area contributed by atoms with Gasteiger partial charge in [-0.15, -0.1) is 0 Å². The maximum absolute atomic E-state index is 13.1. The van der Waals surface area contributed by atoms with Gasteiger partial charge in [-0.25, -0.2) is 12.8 Å². The lowest BCUT2D eigenvalue weighted by Gasteiger charge is -2.22. The summed E-state index contributed by atoms with van der Waals surface area (Å²) in [5.41, 5.74) is 0.152. The molecule has 0 saturated carbocycles. The fourth-order valence-electron chi connectivity index (χ4n) is 3.65. The molecule has 2 aliphatic heterocycles. The van der Waals surface area contributed by atoms with Crippen molar-refractivity contribution in [1.29, 1.82) is 0 Å². The minimum absolute atomic E-state index is 0.0197. The van der Waals surface area contributed by atoms with E-state index >= 15 is 0 Å². The quantitative estimate of drug-likeness (QED) is 0.718. The van der Waals surface area contributed by atoms with Gasteiger partial charge in [0.2, 0.25) is 10.0 Å². The van der Waals surface area contributed by atoms with E-state index in [1.54, 1.807) is 19.3 Å². The van der Waals surface area contributed by atoms with E-state index in [0.717, 1.165) is 17.8 Å². The number of sulfonamides is 1. The Balaban J connectivity index is 1.41. The Morgan fingerprint density at radius 3 is 2.73 bits per heavy atom. The molecule has 30 heavy (non-hydrogen) atoms. The SMILES string of the molecule is CN(Cc1ccccn1)C(=O)C1=NO[C@@]2(CCN(S(=O)(=O)c3ccc(F)cc3)C2)C1. The summed E-state index contributed by atoms with van der Waals surface area (Å²) in [6.45, 7) is 0.647. The minimum atomic E-state index is -3.78. The standard InChI is InChI=1S/C20H21FN4O4S/c1-24(13-16-4-2-3-10-22-16)19(26)18-12-20(29-23-18)9-11-25(14-20)30(27,28)17-7-5-15(21)6-8-17/h2-8,10H,9,11-14H2,1H3/t20-/m0/s1. The summed E-state index contributed by atoms with van der Waals surface area (Å²) in [4.78, 5) is 24.0. The molecular formula is C20H21FN4O4S. The highest BCUT2D eigenvalue weighted by atomic mass is 32.2. The van der Waals surface area contributed by atoms with Crippen LogP contribution in [0.15, 0.2) is 58.7 Å². The summed E-state index contributed by atoms with van der Waals surface area (Å²) in [7, 11) is -2.12. The van der Waals surface area contributed by atoms with Gasteiger partial charge in [0, 0.05) is 32.6 Å². The van der Waals surface area contributed by atoms with Crippen molar-refractivity contribution >= 4 is 21.6 Å². The first-order chi connectivity index (χ1) is 14.3. The normalized spacial score (nSPS) is 21.5. The van der Waals surface area contributed by atoms with Crippen molar-refractivity contribution in [2.24, 2.45) is 5.16 Å². The van der Waals surface area contributed by atoms with Crippen molar-refractivity contribution in [3.05, 3.63) is 60.2 Å². The van der Waals surface area contributed by atoms with E-state index in [9.17, 15) is 17.6 Å². The summed E-state index contributed by atoms with van der Waals surface area (Å²) in [6.07, 6.45) is 2.30. The van der Waals surface area contributed by atoms with Gasteiger partial charge >= 0.3 is 0 Å². The molecule has 1 fully saturated rings. The molecule has 1 atom stereocenters. The Kier molecular flexibility index (Phi) is 5.29. The van der Waals surface area contributed by atoms with Crippen LogP contribution in [0.1, 0.15) is 18.5 Å². The van der Waals surface area contributed by atoms with E-state index in [2.05, 4.69) is 10.1 Å². The average Bonchev–Trinajstić information content (AvgIpc) is 3.36. The number of rotatable bonds is 5. The smallest absolute Gasteiger partial charge is 0.271 e. The van der Waals surface area contributed by atoms with Crippen LogP contribution in [-0.2, 0) is 26.2 Å². The van der Waals surface area contributed by atoms with Crippen LogP contribution in [0.25, 0.3) is 0 Å². The number of carbonyl (C=O) groups is 1. The average molecular weight is 432 g/mol. The highest BCUT2D eigenvalue weighted by molar-refractivity contribution is 7.89. The molecule has 0 unspecified atom stereocenters. The fraction of sp³-hybridized carbons (Fsp3) is 0.350. The van der Waals surface area contributed by atoms with Gasteiger partial charge in [-0.3, -0.25) is 9.78 Å². The zero-order valence-electron chi connectivity index (χ0n) is 16.4. The van der Waals surface area contributed by atoms with Crippen molar-refractivity contribution < 1.29 is 22.4 Å². The molecule has 1 saturated heterocycles. The van der Waals surface area contributed by atoms with E-state index < -0.39 is 21.4 Å². The number of hydrogen-bond acceptors (Lipinski definition) is 6. The molecule has 0 aliphatic carbocycles. The molecule has 1 amide bonds. The Morgan fingerprint density at radius 2 is 2.03 bits per heavy atom. The first kappa shape index (κ1) is 20.4. The monoisotopic (exact) mass is 432 g/mol. The van der Waals surface area contributed by atoms with Crippen LogP contribution < -0.4 is 0 Å². The first-order valence-corrected chi connectivity index (χ1v) is 10.9. The van der Waals surface area contributed by atoms with Crippen molar-refractivity contribution in [1.82, 2.24) is 14.2 Å². The van der Waals surface area contributed by atoms with Gasteiger partial charge in [0.15, 0.2) is 5.60 Å². The van der Waals surface area contributed by atoms with E-state index in [1.165, 1.54) is 21.3 Å². The summed E-state index contributed by atoms with van der Waals surface area (Å²) in [6, 6.07) is 10.2. The van der Waals surface area contributed by atoms with E-state index in [0.29, 0.717) is 13.0 Å². The predicted octanol–water partition coefficient (Wildman–Crippen LogP) is 1.79. The molecule has 158 valence electrons. The second-order valence-corrected chi connectivity index (χ2v) is 9.45. The maximum Gasteiger partial charge on any atom is 0.271 e. The number of halogens is 1. The summed E-state index contributed by atoms with van der Waals surface area (Å²) in [5, 5.41) is 3.97. The predicted molar refractivity (Wildman–Crippen MR) is 106 cm³/mol. The number of aromatic nitrogens is 1. The Morgan fingerprint density at radius 1 is 1.27 bits per heavy atom. The van der Waals surface area contributed by atoms with Crippen LogP contribution in [0, 0.1) is 5.82 Å². The molecule has 0 N–H and O–H groups in total. The number of nitrogens with zero attached hydrogens (tertiary/aromatic N) is 4. The zero-order valence-corrected chi connectivity index (χ0v) is 17.2. The van der Waals surface area contributed by atoms with Crippen LogP contribution in [0.4, 0.5) is 4.39 Å². The molecule has 8 nitrogen and oxygen atoms in total. The van der Waals surface area contributed by atoms with Gasteiger partial charge < -0.3 is 9.74 Å². The maximum atomic E-state index is 13.1. The van der Waals surface area contributed by atoms with Crippen molar-refractivity contribution in [2.75, 3.05) is 20.1 Å². The van der Waals surface area contributed by atoms with Gasteiger partial charge in [0.1, 0.15) is 11.5 Å². The third kappa shape index (κ3) is 3.92. The Bertz CT molecular complexity index is 1080. The van der Waals surface area contributed by atoms with Gasteiger partial charge in [-0.2, -0.15) is 4.31 Å². The van der Waals surface area contributed by atoms with Crippen LogP contribution in [0.3, 0.4) is 0 Å². The van der Waals surface area contributed by atoms with Crippen LogP contribution in [-0.4, -0.2) is 60.0 Å². The Labute approximate surface area is 174 Å². The highest BCUT2D eigenvalue weighted by Gasteiger charge is 2.50. The summed E-state index contributed by atoms with van der Waals surface area (Å²) in [5.74, 6) is -0.783. The minimum Gasteiger partial charge on any atom is -0.387 e. The van der Waals surface area contributed by atoms with Gasteiger partial charge in [-0.1, -0.05) is 11.2 Å². The molecule has 1 aromatic carbocycles. The number of pyridine rings is 1. The second-order valence-electron chi connectivity index (χ2n) is 7.51. The molecule has 2 aromatic rings. The lowest BCUT2D eigenvalue weighted by atomic mass is 9.96. The van der Waals surface area contributed by atoms with Gasteiger partial charge in [0.05, 0.1) is 23.7 Å². The molecule has 2 aliphatic rings. The van der Waals surface area contributed by atoms with E-state index in [-0.39, 0.29) is 36.0 Å². The third-order valence-corrected chi connectivity index (χ3v) is 7.15. The molecule has 0 radical (unpaired) electrons. The molecule has 10 heteroatoms. The van der Waals surface area contributed by atoms with Crippen LogP contribution >= 0.6 is 0 Å². The van der Waals surface area contributed by atoms with Gasteiger partial charge in [-0.05, 0) is 36.4 Å². The van der Waals surface area contributed by atoms with Gasteiger partial charge in [0.25, 0.3) is 5.91 Å². The van der Waals surface area contributed by atoms with Crippen LogP contribution in [0.5, 0.6) is 0 Å². The van der Waals surface area contributed by atoms with E-state index in [1.807, 2.05) is 12.1 Å². The number of hydrogen-bond donors (Lipinski definition) is 0. The number of amides is 1. The fourth-order valence-corrected chi connectivity index (χ4v) is 5.17. The molecule has 0 bridgehead atoms. The first-order valence-electron chi connectivity index (χ1n) is 9.45. The van der Waals surface area contributed by atoms with E-state index in [4.69, 9.17) is 4.84 Å². The third-order valence-electron chi connectivity index (χ3n) is 5.29. The van der Waals surface area contributed by atoms with Crippen molar-refractivity contribution in [3.63, 3.8) is 0 Å². The topological polar surface area (TPSA) is 92.2 Å². The van der Waals surface area contributed by atoms with Crippen molar-refractivity contribution in [2.45, 2.75) is 29.9 Å². The number of carbonyl (C=O) groups excluding carboxylic acids is 1. The lowest BCUT2D eigenvalue weighted by molar-refractivity contribution is -0.123. The van der Waals surface area contributed by atoms with Crippen LogP contribution in [0.2, 0.25) is 0 Å². The molecule has 1 spiro atoms. The van der Waals surface area contributed by atoms with Crippen molar-refractivity contribution in [3.8, 4) is 0 Å². The largest absolute Gasteiger partial charge is 0.387 e. The highest BCUT2D eigenvalue weighted by Crippen LogP contribution is 2.36. The molecule has 1 aromatic heterocycles. The second kappa shape index (κ2) is 7.77. The molecular weight excluding hydrogens is 411 g/mol. The number of oxime groups is 1.